The smallest absolute Gasteiger partial charge is 0.238 e. The molecular formula is C11H16ClN3O4S. The van der Waals surface area contributed by atoms with Gasteiger partial charge in [-0.15, -0.1) is 0 Å². The molecule has 20 heavy (non-hydrogen) atoms. The van der Waals surface area contributed by atoms with Gasteiger partial charge in [-0.2, -0.15) is 0 Å². The van der Waals surface area contributed by atoms with Gasteiger partial charge in [0, 0.05) is 13.7 Å². The van der Waals surface area contributed by atoms with Gasteiger partial charge >= 0.3 is 0 Å². The Hall–Kier alpha value is -1.19. The first kappa shape index (κ1) is 16.9. The lowest BCUT2D eigenvalue weighted by atomic mass is 10.3. The fourth-order valence-corrected chi connectivity index (χ4v) is 2.05. The molecule has 9 heteroatoms. The topological polar surface area (TPSA) is 111 Å². The molecule has 0 spiro atoms. The van der Waals surface area contributed by atoms with Gasteiger partial charge in [0.2, 0.25) is 15.9 Å². The van der Waals surface area contributed by atoms with Crippen molar-refractivity contribution in [3.63, 3.8) is 0 Å². The Morgan fingerprint density at radius 3 is 2.75 bits per heavy atom. The summed E-state index contributed by atoms with van der Waals surface area (Å²) < 4.78 is 27.3. The van der Waals surface area contributed by atoms with Crippen LogP contribution in [0.2, 0.25) is 5.02 Å². The average Bonchev–Trinajstić information content (AvgIpc) is 2.36. The second-order valence-corrected chi connectivity index (χ2v) is 5.87. The van der Waals surface area contributed by atoms with Crippen molar-refractivity contribution in [3.05, 3.63) is 23.2 Å². The number of hydrogen-bond donors (Lipinski definition) is 3. The summed E-state index contributed by atoms with van der Waals surface area (Å²) in [5.74, 6) is -0.352. The Bertz CT molecular complexity index is 577. The molecule has 0 unspecified atom stereocenters. The number of nitrogens with one attached hydrogen (secondary N) is 2. The normalized spacial score (nSPS) is 11.3. The molecule has 1 amide bonds. The number of sulfonamides is 1. The van der Waals surface area contributed by atoms with E-state index in [4.69, 9.17) is 21.5 Å². The summed E-state index contributed by atoms with van der Waals surface area (Å²) in [6.07, 6.45) is 0. The SMILES string of the molecule is COCCNCC(=O)Nc1cc(S(N)(=O)=O)ccc1Cl. The number of carbonyl (C=O) groups is 1. The summed E-state index contributed by atoms with van der Waals surface area (Å²) in [4.78, 5) is 11.5. The maximum atomic E-state index is 11.6. The molecule has 0 atom stereocenters. The van der Waals surface area contributed by atoms with Gasteiger partial charge in [-0.05, 0) is 18.2 Å². The molecule has 0 radical (unpaired) electrons. The van der Waals surface area contributed by atoms with Crippen LogP contribution in [0.3, 0.4) is 0 Å². The van der Waals surface area contributed by atoms with Crippen molar-refractivity contribution in [1.29, 1.82) is 0 Å². The van der Waals surface area contributed by atoms with E-state index < -0.39 is 10.0 Å². The number of carbonyl (C=O) groups excluding carboxylic acids is 1. The number of amides is 1. The molecule has 4 N–H and O–H groups in total. The molecule has 0 aromatic heterocycles. The zero-order chi connectivity index (χ0) is 15.2. The van der Waals surface area contributed by atoms with Gasteiger partial charge in [0.1, 0.15) is 0 Å². The lowest BCUT2D eigenvalue weighted by Gasteiger charge is -2.09. The van der Waals surface area contributed by atoms with E-state index >= 15 is 0 Å². The zero-order valence-electron chi connectivity index (χ0n) is 10.8. The molecule has 0 saturated carbocycles. The first-order chi connectivity index (χ1) is 9.34. The number of anilines is 1. The standard InChI is InChI=1S/C11H16ClN3O4S/c1-19-5-4-14-7-11(16)15-10-6-8(20(13,17)18)2-3-9(10)12/h2-3,6,14H,4-5,7H2,1H3,(H,15,16)(H2,13,17,18). The highest BCUT2D eigenvalue weighted by molar-refractivity contribution is 7.89. The van der Waals surface area contributed by atoms with Crippen molar-refractivity contribution in [2.24, 2.45) is 5.14 Å². The molecule has 1 aromatic carbocycles. The van der Waals surface area contributed by atoms with E-state index in [0.29, 0.717) is 13.2 Å². The maximum Gasteiger partial charge on any atom is 0.238 e. The van der Waals surface area contributed by atoms with Crippen molar-refractivity contribution < 1.29 is 17.9 Å². The molecule has 1 rings (SSSR count). The Kier molecular flexibility index (Phi) is 6.37. The molecule has 0 heterocycles. The van der Waals surface area contributed by atoms with Gasteiger partial charge in [0.05, 0.1) is 28.8 Å². The molecule has 1 aromatic rings. The highest BCUT2D eigenvalue weighted by atomic mass is 35.5. The van der Waals surface area contributed by atoms with E-state index in [-0.39, 0.29) is 28.1 Å². The number of methoxy groups -OCH3 is 1. The number of primary sulfonamides is 1. The summed E-state index contributed by atoms with van der Waals surface area (Å²) in [6, 6.07) is 3.84. The second kappa shape index (κ2) is 7.55. The van der Waals surface area contributed by atoms with Crippen molar-refractivity contribution in [2.45, 2.75) is 4.90 Å². The molecule has 7 nitrogen and oxygen atoms in total. The van der Waals surface area contributed by atoms with E-state index in [1.807, 2.05) is 0 Å². The van der Waals surface area contributed by atoms with Crippen LogP contribution in [0.5, 0.6) is 0 Å². The van der Waals surface area contributed by atoms with Crippen molar-refractivity contribution in [1.82, 2.24) is 5.32 Å². The number of nitrogens with two attached hydrogens (primary N) is 1. The van der Waals surface area contributed by atoms with E-state index in [9.17, 15) is 13.2 Å². The summed E-state index contributed by atoms with van der Waals surface area (Å²) in [5, 5.41) is 10.6. The van der Waals surface area contributed by atoms with Crippen molar-refractivity contribution in [2.75, 3.05) is 32.1 Å². The minimum atomic E-state index is -3.84. The fraction of sp³-hybridized carbons (Fsp3) is 0.364. The lowest BCUT2D eigenvalue weighted by molar-refractivity contribution is -0.115. The first-order valence-corrected chi connectivity index (χ1v) is 7.59. The molecule has 0 saturated heterocycles. The predicted octanol–water partition coefficient (Wildman–Crippen LogP) is 0.162. The van der Waals surface area contributed by atoms with Crippen LogP contribution in [0.1, 0.15) is 0 Å². The Morgan fingerprint density at radius 1 is 1.45 bits per heavy atom. The second-order valence-electron chi connectivity index (χ2n) is 3.90. The van der Waals surface area contributed by atoms with E-state index in [0.717, 1.165) is 0 Å². The molecule has 0 bridgehead atoms. The number of benzene rings is 1. The molecule has 0 aliphatic carbocycles. The number of rotatable bonds is 7. The summed E-state index contributed by atoms with van der Waals surface area (Å²) in [6.45, 7) is 1.06. The molecule has 0 aliphatic rings. The van der Waals surface area contributed by atoms with Gasteiger partial charge in [-0.1, -0.05) is 11.6 Å². The van der Waals surface area contributed by atoms with E-state index in [2.05, 4.69) is 10.6 Å². The fourth-order valence-electron chi connectivity index (χ4n) is 1.35. The highest BCUT2D eigenvalue weighted by Crippen LogP contribution is 2.24. The van der Waals surface area contributed by atoms with E-state index in [1.54, 1.807) is 7.11 Å². The molecule has 0 fully saturated rings. The van der Waals surface area contributed by atoms with Gasteiger partial charge in [-0.25, -0.2) is 13.6 Å². The minimum absolute atomic E-state index is 0.0549. The summed E-state index contributed by atoms with van der Waals surface area (Å²) in [5.41, 5.74) is 0.191. The van der Waals surface area contributed by atoms with Crippen LogP contribution in [0, 0.1) is 0 Å². The van der Waals surface area contributed by atoms with Crippen LogP contribution in [-0.4, -0.2) is 41.1 Å². The molecule has 0 aliphatic heterocycles. The molecule has 112 valence electrons. The number of hydrogen-bond acceptors (Lipinski definition) is 5. The van der Waals surface area contributed by atoms with Crippen LogP contribution in [0.15, 0.2) is 23.1 Å². The largest absolute Gasteiger partial charge is 0.383 e. The van der Waals surface area contributed by atoms with Crippen LogP contribution < -0.4 is 15.8 Å². The number of ether oxygens (including phenoxy) is 1. The third kappa shape index (κ3) is 5.43. The van der Waals surface area contributed by atoms with Gasteiger partial charge in [0.25, 0.3) is 0 Å². The van der Waals surface area contributed by atoms with Crippen LogP contribution in [0.4, 0.5) is 5.69 Å². The Labute approximate surface area is 122 Å². The van der Waals surface area contributed by atoms with Gasteiger partial charge < -0.3 is 15.4 Å². The Balaban J connectivity index is 2.69. The van der Waals surface area contributed by atoms with Crippen molar-refractivity contribution in [3.8, 4) is 0 Å². The predicted molar refractivity (Wildman–Crippen MR) is 76.2 cm³/mol. The maximum absolute atomic E-state index is 11.6. The summed E-state index contributed by atoms with van der Waals surface area (Å²) >= 11 is 5.88. The van der Waals surface area contributed by atoms with Crippen LogP contribution in [0.25, 0.3) is 0 Å². The minimum Gasteiger partial charge on any atom is -0.383 e. The summed E-state index contributed by atoms with van der Waals surface area (Å²) in [7, 11) is -2.29. The van der Waals surface area contributed by atoms with E-state index in [1.165, 1.54) is 18.2 Å². The quantitative estimate of drug-likeness (QED) is 0.620. The zero-order valence-corrected chi connectivity index (χ0v) is 12.4. The third-order valence-electron chi connectivity index (χ3n) is 2.31. The third-order valence-corrected chi connectivity index (χ3v) is 3.55. The monoisotopic (exact) mass is 321 g/mol. The number of halogens is 1. The van der Waals surface area contributed by atoms with Crippen molar-refractivity contribution >= 4 is 33.2 Å². The highest BCUT2D eigenvalue weighted by Gasteiger charge is 2.12. The van der Waals surface area contributed by atoms with Gasteiger partial charge in [-0.3, -0.25) is 4.79 Å². The average molecular weight is 322 g/mol. The van der Waals surface area contributed by atoms with Crippen LogP contribution in [-0.2, 0) is 19.6 Å². The first-order valence-electron chi connectivity index (χ1n) is 5.66. The van der Waals surface area contributed by atoms with Gasteiger partial charge in [0.15, 0.2) is 0 Å². The molecular weight excluding hydrogens is 306 g/mol. The Morgan fingerprint density at radius 2 is 2.15 bits per heavy atom. The van der Waals surface area contributed by atoms with Crippen LogP contribution >= 0.6 is 11.6 Å². The lowest BCUT2D eigenvalue weighted by Crippen LogP contribution is -2.30.